The summed E-state index contributed by atoms with van der Waals surface area (Å²) in [5.74, 6) is -8.66. The molecule has 1 fully saturated rings. The monoisotopic (exact) mass is 1160 g/mol. The summed E-state index contributed by atoms with van der Waals surface area (Å²) < 4.78 is 23.7. The standard InChI is InChI=1S/C60H105N3O18/c1-35(19-15-13-11-12-14-18-26-63-59(61)62-9)27-39(5)56-38(4)20-16-17-21-46(65)40(6)50(69)29-43(64)28-44(79-55(75)33-54(73)74)30-45-31-52(71)57(76)60(78-10,81-45)34-53(72)37(3)23-24-47(66)41(7)51(70)32-49(68)36(2)22-25-48(67)42(8)58(77)80-56/h11-12,16-17,20-22,25,35-53,56-57,64-72,76H,13-15,18-19,23-24,26-34H2,1-10H3,(H,73,74)(H3,61,62,63)/b12-11+,20-16+,21-17+,25-22+/t35-,36-,37-,38-,39-,40+,41+,42+,43-,44-,45+,46+,47-,48+,49+,50+,51-,52-,53+,56-,57+,60-/m0/s1. The van der Waals surface area contributed by atoms with Crippen LogP contribution in [0.1, 0.15) is 152 Å². The summed E-state index contributed by atoms with van der Waals surface area (Å²) in [6, 6.07) is 0. The fourth-order valence-corrected chi connectivity index (χ4v) is 10.6. The molecule has 0 saturated carbocycles. The Morgan fingerprint density at radius 2 is 1.41 bits per heavy atom. The number of aliphatic hydroxyl groups excluding tert-OH is 10. The molecule has 0 radical (unpaired) electrons. The lowest BCUT2D eigenvalue weighted by Gasteiger charge is -2.47. The van der Waals surface area contributed by atoms with Crippen molar-refractivity contribution in [1.82, 2.24) is 5.32 Å². The number of fused-ring (bicyclic) bond motifs is 2. The SMILES string of the molecule is CN=C(N)NCCC/C=C/CCC[C@H](C)C[C@H](C)[C@H]1OC(=O)[C@H](C)[C@H](O)/C=C/[C@H](C)[C@H](O)C[C@H](O)[C@H](C)[C@@H](O)CC[C@H](C)[C@H](O)C[C@]2(OC)O[C@H](C[C@@H](OC(=O)CC(=O)O)C[C@H](O)C[C@@H](O)[C@H](C)[C@H](O)/C=C/C=C/[C@@H]1C)C[C@H](O)[C@H]2O. The first-order valence-electron chi connectivity index (χ1n) is 29.4. The second-order valence-corrected chi connectivity index (χ2v) is 23.5. The van der Waals surface area contributed by atoms with Gasteiger partial charge in [-0.15, -0.1) is 0 Å². The Morgan fingerprint density at radius 3 is 2.05 bits per heavy atom. The molecule has 0 amide bonds. The van der Waals surface area contributed by atoms with Gasteiger partial charge in [-0.25, -0.2) is 0 Å². The van der Waals surface area contributed by atoms with Gasteiger partial charge in [0.15, 0.2) is 11.7 Å². The van der Waals surface area contributed by atoms with E-state index in [-0.39, 0.29) is 69.1 Å². The number of carbonyl (C=O) groups is 3. The smallest absolute Gasteiger partial charge is 0.317 e. The van der Waals surface area contributed by atoms with E-state index in [0.717, 1.165) is 45.1 Å². The third-order valence-corrected chi connectivity index (χ3v) is 16.5. The molecule has 1 saturated heterocycles. The average Bonchev–Trinajstić information content (AvgIpc) is 3.42. The maximum atomic E-state index is 13.9. The number of cyclic esters (lactones) is 1. The molecule has 0 aliphatic carbocycles. The lowest BCUT2D eigenvalue weighted by atomic mass is 9.83. The Balaban J connectivity index is 2.46. The number of aliphatic carboxylic acids is 1. The molecule has 0 aromatic rings. The third-order valence-electron chi connectivity index (χ3n) is 16.5. The molecule has 22 atom stereocenters. The normalized spacial score (nSPS) is 38.6. The lowest BCUT2D eigenvalue weighted by Crippen LogP contribution is -2.61. The average molecular weight is 1160 g/mol. The summed E-state index contributed by atoms with van der Waals surface area (Å²) in [6.07, 6.45) is 1.39. The van der Waals surface area contributed by atoms with Crippen LogP contribution in [0.4, 0.5) is 0 Å². The highest BCUT2D eigenvalue weighted by molar-refractivity contribution is 5.90. The minimum atomic E-state index is -2.00. The van der Waals surface area contributed by atoms with E-state index in [0.29, 0.717) is 5.96 Å². The van der Waals surface area contributed by atoms with Crippen LogP contribution in [-0.4, -0.2) is 186 Å². The van der Waals surface area contributed by atoms with Gasteiger partial charge in [0.1, 0.15) is 24.7 Å². The van der Waals surface area contributed by atoms with E-state index in [1.807, 2.05) is 19.9 Å². The van der Waals surface area contributed by atoms with E-state index >= 15 is 0 Å². The molecule has 0 aromatic carbocycles. The molecule has 2 heterocycles. The van der Waals surface area contributed by atoms with Crippen LogP contribution in [0.15, 0.2) is 53.6 Å². The number of aliphatic hydroxyl groups is 10. The van der Waals surface area contributed by atoms with Gasteiger partial charge < -0.3 is 86.2 Å². The van der Waals surface area contributed by atoms with Crippen molar-refractivity contribution in [3.8, 4) is 0 Å². The van der Waals surface area contributed by atoms with Gasteiger partial charge in [0, 0.05) is 76.5 Å². The molecule has 2 aliphatic rings. The Labute approximate surface area is 481 Å². The van der Waals surface area contributed by atoms with Crippen molar-refractivity contribution < 1.29 is 89.5 Å². The van der Waals surface area contributed by atoms with E-state index in [9.17, 15) is 70.6 Å². The quantitative estimate of drug-likeness (QED) is 0.0276. The summed E-state index contributed by atoms with van der Waals surface area (Å²) in [6.45, 7) is 15.0. The zero-order valence-corrected chi connectivity index (χ0v) is 49.9. The number of methoxy groups -OCH3 is 1. The molecular weight excluding hydrogens is 1050 g/mol. The number of unbranched alkanes of at least 4 members (excludes halogenated alkanes) is 2. The molecule has 2 aliphatic heterocycles. The third kappa shape index (κ3) is 26.3. The fourth-order valence-electron chi connectivity index (χ4n) is 10.6. The number of carbonyl (C=O) groups excluding carboxylic acids is 2. The van der Waals surface area contributed by atoms with Gasteiger partial charge in [-0.2, -0.15) is 0 Å². The summed E-state index contributed by atoms with van der Waals surface area (Å²) in [5, 5.41) is 125. The van der Waals surface area contributed by atoms with Gasteiger partial charge in [-0.05, 0) is 76.0 Å². The molecule has 0 spiro atoms. The first kappa shape index (κ1) is 73.3. The van der Waals surface area contributed by atoms with Crippen LogP contribution in [0.2, 0.25) is 0 Å². The Morgan fingerprint density at radius 1 is 0.765 bits per heavy atom. The van der Waals surface area contributed by atoms with Gasteiger partial charge in [-0.3, -0.25) is 19.4 Å². The molecule has 21 nitrogen and oxygen atoms in total. The van der Waals surface area contributed by atoms with Gasteiger partial charge in [0.25, 0.3) is 0 Å². The Hall–Kier alpha value is -3.84. The second-order valence-electron chi connectivity index (χ2n) is 23.5. The van der Waals surface area contributed by atoms with Crippen LogP contribution in [-0.2, 0) is 33.3 Å². The van der Waals surface area contributed by atoms with Gasteiger partial charge in [0.05, 0.1) is 67.0 Å². The number of guanidine groups is 1. The predicted molar refractivity (Wildman–Crippen MR) is 307 cm³/mol. The number of esters is 2. The number of nitrogens with two attached hydrogens (primary N) is 1. The summed E-state index contributed by atoms with van der Waals surface area (Å²) >= 11 is 0. The predicted octanol–water partition coefficient (Wildman–Crippen LogP) is 3.96. The van der Waals surface area contributed by atoms with E-state index in [1.165, 1.54) is 19.3 Å². The number of carboxylic acids is 1. The molecule has 2 bridgehead atoms. The number of nitrogens with zero attached hydrogens (tertiary/aromatic N) is 1. The van der Waals surface area contributed by atoms with Crippen molar-refractivity contribution in [3.05, 3.63) is 48.6 Å². The molecule has 2 rings (SSSR count). The maximum absolute atomic E-state index is 13.9. The highest BCUT2D eigenvalue weighted by atomic mass is 16.7. The van der Waals surface area contributed by atoms with Gasteiger partial charge in [-0.1, -0.05) is 103 Å². The zero-order valence-electron chi connectivity index (χ0n) is 49.9. The molecule has 14 N–H and O–H groups in total. The molecule has 21 heteroatoms. The lowest BCUT2D eigenvalue weighted by molar-refractivity contribution is -0.343. The number of carboxylic acid groups (broad SMARTS) is 1. The van der Waals surface area contributed by atoms with Crippen molar-refractivity contribution in [2.75, 3.05) is 20.7 Å². The van der Waals surface area contributed by atoms with E-state index in [1.54, 1.807) is 59.9 Å². The first-order chi connectivity index (χ1) is 38.0. The minimum Gasteiger partial charge on any atom is -0.481 e. The summed E-state index contributed by atoms with van der Waals surface area (Å²) in [4.78, 5) is 41.9. The number of ether oxygens (including phenoxy) is 4. The summed E-state index contributed by atoms with van der Waals surface area (Å²) in [5.41, 5.74) is 5.69. The number of hydrogen-bond acceptors (Lipinski definition) is 18. The van der Waals surface area contributed by atoms with Crippen LogP contribution >= 0.6 is 0 Å². The van der Waals surface area contributed by atoms with Crippen molar-refractivity contribution in [3.63, 3.8) is 0 Å². The molecule has 0 unspecified atom stereocenters. The number of hydrogen-bond donors (Lipinski definition) is 13. The van der Waals surface area contributed by atoms with Gasteiger partial charge >= 0.3 is 17.9 Å². The molecular formula is C60H105N3O18. The zero-order chi connectivity index (χ0) is 61.1. The number of rotatable bonds is 15. The minimum absolute atomic E-state index is 0.115. The highest BCUT2D eigenvalue weighted by Gasteiger charge is 2.52. The first-order valence-corrected chi connectivity index (χ1v) is 29.4. The van der Waals surface area contributed by atoms with Crippen LogP contribution < -0.4 is 11.1 Å². The molecule has 468 valence electrons. The maximum Gasteiger partial charge on any atom is 0.317 e. The van der Waals surface area contributed by atoms with E-state index < -0.39 is 139 Å². The van der Waals surface area contributed by atoms with Crippen LogP contribution in [0.3, 0.4) is 0 Å². The number of allylic oxidation sites excluding steroid dienone is 4. The van der Waals surface area contributed by atoms with Crippen LogP contribution in [0.25, 0.3) is 0 Å². The van der Waals surface area contributed by atoms with Crippen molar-refractivity contribution >= 4 is 23.9 Å². The number of nitrogens with one attached hydrogen (secondary N) is 1. The Bertz CT molecular complexity index is 1970. The molecule has 0 aromatic heterocycles. The van der Waals surface area contributed by atoms with Crippen molar-refractivity contribution in [1.29, 1.82) is 0 Å². The van der Waals surface area contributed by atoms with Crippen molar-refractivity contribution in [2.45, 2.75) is 237 Å². The topological polar surface area (TPSA) is 361 Å². The number of aliphatic imine (C=N–C) groups is 1. The van der Waals surface area contributed by atoms with Gasteiger partial charge in [0.2, 0.25) is 0 Å². The Kier molecular flexibility index (Phi) is 33.9. The highest BCUT2D eigenvalue weighted by Crippen LogP contribution is 2.38. The van der Waals surface area contributed by atoms with E-state index in [4.69, 9.17) is 24.7 Å². The summed E-state index contributed by atoms with van der Waals surface area (Å²) in [7, 11) is 2.85. The van der Waals surface area contributed by atoms with E-state index in [2.05, 4.69) is 29.4 Å². The largest absolute Gasteiger partial charge is 0.481 e. The molecule has 81 heavy (non-hydrogen) atoms. The van der Waals surface area contributed by atoms with Crippen LogP contribution in [0.5, 0.6) is 0 Å². The van der Waals surface area contributed by atoms with Crippen molar-refractivity contribution in [2.24, 2.45) is 58.1 Å². The second kappa shape index (κ2) is 37.5. The van der Waals surface area contributed by atoms with Crippen LogP contribution in [0, 0.1) is 47.3 Å². The fraction of sp³-hybridized carbons (Fsp3) is 0.800.